The van der Waals surface area contributed by atoms with Crippen molar-refractivity contribution in [3.8, 4) is 5.75 Å². The number of nitrogens with one attached hydrogen (secondary N) is 1. The van der Waals surface area contributed by atoms with Gasteiger partial charge in [0.25, 0.3) is 0 Å². The first-order chi connectivity index (χ1) is 9.81. The highest BCUT2D eigenvalue weighted by molar-refractivity contribution is 5.37. The zero-order valence-corrected chi connectivity index (χ0v) is 11.7. The van der Waals surface area contributed by atoms with Gasteiger partial charge in [-0.25, -0.2) is 4.39 Å². The minimum absolute atomic E-state index is 0.124. The van der Waals surface area contributed by atoms with Crippen LogP contribution in [0, 0.1) is 5.82 Å². The highest BCUT2D eigenvalue weighted by Crippen LogP contribution is 2.28. The summed E-state index contributed by atoms with van der Waals surface area (Å²) < 4.78 is 24.6. The second-order valence-electron chi connectivity index (χ2n) is 5.68. The Bertz CT molecular complexity index is 446. The predicted molar refractivity (Wildman–Crippen MR) is 75.6 cm³/mol. The smallest absolute Gasteiger partial charge is 0.123 e. The van der Waals surface area contributed by atoms with Gasteiger partial charge in [0.1, 0.15) is 17.7 Å². The summed E-state index contributed by atoms with van der Waals surface area (Å²) in [5.41, 5.74) is 0.979. The third-order valence-corrected chi connectivity index (χ3v) is 4.05. The third-order valence-electron chi connectivity index (χ3n) is 4.05. The van der Waals surface area contributed by atoms with Crippen LogP contribution in [-0.4, -0.2) is 31.9 Å². The van der Waals surface area contributed by atoms with Gasteiger partial charge in [0.2, 0.25) is 0 Å². The number of benzene rings is 1. The Balaban J connectivity index is 1.36. The van der Waals surface area contributed by atoms with E-state index >= 15 is 0 Å². The average molecular weight is 279 g/mol. The van der Waals surface area contributed by atoms with Crippen LogP contribution in [0.2, 0.25) is 0 Å². The number of halogens is 1. The van der Waals surface area contributed by atoms with Gasteiger partial charge in [-0.1, -0.05) is 0 Å². The topological polar surface area (TPSA) is 30.5 Å². The molecule has 110 valence electrons. The fraction of sp³-hybridized carbons (Fsp3) is 0.625. The summed E-state index contributed by atoms with van der Waals surface area (Å²) >= 11 is 0. The van der Waals surface area contributed by atoms with Crippen LogP contribution in [0.25, 0.3) is 0 Å². The molecule has 20 heavy (non-hydrogen) atoms. The molecule has 4 heteroatoms. The molecule has 1 aromatic rings. The number of hydrogen-bond donors (Lipinski definition) is 1. The molecule has 1 aromatic carbocycles. The minimum atomic E-state index is -0.185. The SMILES string of the molecule is Fc1ccc2c(c1)CC(CNCCC1CCCCO1)O2. The standard InChI is InChI=1S/C16H22FNO2/c17-13-4-5-16-12(9-13)10-15(20-16)11-18-7-6-14-3-1-2-8-19-14/h4-5,9,14-15,18H,1-3,6-8,10-11H2. The van der Waals surface area contributed by atoms with Crippen LogP contribution in [0.15, 0.2) is 18.2 Å². The Kier molecular flexibility index (Phi) is 4.53. The summed E-state index contributed by atoms with van der Waals surface area (Å²) in [7, 11) is 0. The largest absolute Gasteiger partial charge is 0.488 e. The normalized spacial score (nSPS) is 25.2. The van der Waals surface area contributed by atoms with Crippen molar-refractivity contribution in [1.82, 2.24) is 5.32 Å². The van der Waals surface area contributed by atoms with Gasteiger partial charge in [-0.3, -0.25) is 0 Å². The Hall–Kier alpha value is -1.13. The van der Waals surface area contributed by atoms with Crippen molar-refractivity contribution >= 4 is 0 Å². The maximum atomic E-state index is 13.1. The summed E-state index contributed by atoms with van der Waals surface area (Å²) in [6, 6.07) is 4.75. The van der Waals surface area contributed by atoms with E-state index in [1.54, 1.807) is 12.1 Å². The van der Waals surface area contributed by atoms with Gasteiger partial charge in [-0.2, -0.15) is 0 Å². The van der Waals surface area contributed by atoms with Crippen molar-refractivity contribution in [2.45, 2.75) is 44.3 Å². The van der Waals surface area contributed by atoms with Crippen molar-refractivity contribution in [3.05, 3.63) is 29.6 Å². The summed E-state index contributed by atoms with van der Waals surface area (Å²) in [5.74, 6) is 0.643. The van der Waals surface area contributed by atoms with Crippen molar-refractivity contribution in [2.24, 2.45) is 0 Å². The van der Waals surface area contributed by atoms with Crippen molar-refractivity contribution in [2.75, 3.05) is 19.7 Å². The lowest BCUT2D eigenvalue weighted by atomic mass is 10.1. The fourth-order valence-electron chi connectivity index (χ4n) is 2.96. The van der Waals surface area contributed by atoms with Crippen molar-refractivity contribution < 1.29 is 13.9 Å². The predicted octanol–water partition coefficient (Wildman–Crippen LogP) is 2.68. The molecular formula is C16H22FNO2. The second kappa shape index (κ2) is 6.55. The number of fused-ring (bicyclic) bond motifs is 1. The molecule has 3 nitrogen and oxygen atoms in total. The van der Waals surface area contributed by atoms with Crippen LogP contribution >= 0.6 is 0 Å². The average Bonchev–Trinajstić information content (AvgIpc) is 2.86. The van der Waals surface area contributed by atoms with Gasteiger partial charge in [0.15, 0.2) is 0 Å². The van der Waals surface area contributed by atoms with Crippen LogP contribution in [0.4, 0.5) is 4.39 Å². The number of rotatable bonds is 5. The molecule has 1 N–H and O–H groups in total. The lowest BCUT2D eigenvalue weighted by Gasteiger charge is -2.22. The molecule has 2 unspecified atom stereocenters. The monoisotopic (exact) mass is 279 g/mol. The highest BCUT2D eigenvalue weighted by Gasteiger charge is 2.23. The summed E-state index contributed by atoms with van der Waals surface area (Å²) in [6.45, 7) is 2.68. The van der Waals surface area contributed by atoms with E-state index in [2.05, 4.69) is 5.32 Å². The molecule has 0 amide bonds. The van der Waals surface area contributed by atoms with Crippen molar-refractivity contribution in [1.29, 1.82) is 0 Å². The molecule has 1 saturated heterocycles. The fourth-order valence-corrected chi connectivity index (χ4v) is 2.96. The molecule has 0 spiro atoms. The van der Waals surface area contributed by atoms with Gasteiger partial charge < -0.3 is 14.8 Å². The van der Waals surface area contributed by atoms with Crippen LogP contribution in [-0.2, 0) is 11.2 Å². The second-order valence-corrected chi connectivity index (χ2v) is 5.68. The van der Waals surface area contributed by atoms with Gasteiger partial charge in [0.05, 0.1) is 6.10 Å². The van der Waals surface area contributed by atoms with Crippen LogP contribution in [0.1, 0.15) is 31.2 Å². The van der Waals surface area contributed by atoms with E-state index in [1.807, 2.05) is 0 Å². The first kappa shape index (κ1) is 13.8. The number of hydrogen-bond acceptors (Lipinski definition) is 3. The maximum absolute atomic E-state index is 13.1. The molecule has 1 fully saturated rings. The molecule has 0 bridgehead atoms. The maximum Gasteiger partial charge on any atom is 0.123 e. The highest BCUT2D eigenvalue weighted by atomic mass is 19.1. The van der Waals surface area contributed by atoms with E-state index in [-0.39, 0.29) is 11.9 Å². The van der Waals surface area contributed by atoms with E-state index in [0.29, 0.717) is 6.10 Å². The lowest BCUT2D eigenvalue weighted by molar-refractivity contribution is 0.0113. The van der Waals surface area contributed by atoms with Crippen molar-refractivity contribution in [3.63, 3.8) is 0 Å². The molecule has 2 aliphatic rings. The zero-order valence-electron chi connectivity index (χ0n) is 11.7. The van der Waals surface area contributed by atoms with Crippen LogP contribution < -0.4 is 10.1 Å². The van der Waals surface area contributed by atoms with Gasteiger partial charge >= 0.3 is 0 Å². The quantitative estimate of drug-likeness (QED) is 0.841. The molecule has 2 aliphatic heterocycles. The summed E-state index contributed by atoms with van der Waals surface area (Å²) in [4.78, 5) is 0. The van der Waals surface area contributed by atoms with Gasteiger partial charge in [0, 0.05) is 25.1 Å². The minimum Gasteiger partial charge on any atom is -0.488 e. The lowest BCUT2D eigenvalue weighted by Crippen LogP contribution is -2.32. The van der Waals surface area contributed by atoms with E-state index in [0.717, 1.165) is 43.9 Å². The Labute approximate surface area is 119 Å². The molecular weight excluding hydrogens is 257 g/mol. The molecule has 0 saturated carbocycles. The van der Waals surface area contributed by atoms with E-state index in [1.165, 1.54) is 25.3 Å². The van der Waals surface area contributed by atoms with Gasteiger partial charge in [-0.15, -0.1) is 0 Å². The Morgan fingerprint density at radius 2 is 2.20 bits per heavy atom. The first-order valence-electron chi connectivity index (χ1n) is 7.58. The van der Waals surface area contributed by atoms with E-state index in [9.17, 15) is 4.39 Å². The van der Waals surface area contributed by atoms with Crippen LogP contribution in [0.3, 0.4) is 0 Å². The molecule has 0 radical (unpaired) electrons. The number of ether oxygens (including phenoxy) is 2. The Morgan fingerprint density at radius 3 is 3.05 bits per heavy atom. The molecule has 2 heterocycles. The summed E-state index contributed by atoms with van der Waals surface area (Å²) in [6.07, 6.45) is 6.08. The third kappa shape index (κ3) is 3.49. The molecule has 0 aromatic heterocycles. The van der Waals surface area contributed by atoms with E-state index in [4.69, 9.17) is 9.47 Å². The van der Waals surface area contributed by atoms with Crippen LogP contribution in [0.5, 0.6) is 5.75 Å². The zero-order chi connectivity index (χ0) is 13.8. The van der Waals surface area contributed by atoms with E-state index < -0.39 is 0 Å². The Morgan fingerprint density at radius 1 is 1.25 bits per heavy atom. The molecule has 2 atom stereocenters. The molecule has 0 aliphatic carbocycles. The molecule has 3 rings (SSSR count). The summed E-state index contributed by atoms with van der Waals surface area (Å²) in [5, 5.41) is 3.43. The first-order valence-corrected chi connectivity index (χ1v) is 7.58. The van der Waals surface area contributed by atoms with Gasteiger partial charge in [-0.05, 0) is 50.4 Å².